The Morgan fingerprint density at radius 2 is 1.84 bits per heavy atom. The first-order valence-corrected chi connectivity index (χ1v) is 7.56. The van der Waals surface area contributed by atoms with Crippen molar-refractivity contribution in [2.75, 3.05) is 12.8 Å². The first-order chi connectivity index (χ1) is 9.11. The summed E-state index contributed by atoms with van der Waals surface area (Å²) in [5.74, 6) is -0.308. The zero-order valence-electron chi connectivity index (χ0n) is 10.7. The van der Waals surface area contributed by atoms with E-state index < -0.39 is 11.2 Å². The summed E-state index contributed by atoms with van der Waals surface area (Å²) in [6, 6.07) is 13.9. The van der Waals surface area contributed by atoms with Crippen LogP contribution in [0, 0.1) is 5.82 Å². The number of benzene rings is 2. The predicted octanol–water partition coefficient (Wildman–Crippen LogP) is 2.65. The lowest BCUT2D eigenvalue weighted by Gasteiger charge is -2.16. The van der Waals surface area contributed by atoms with Gasteiger partial charge < -0.3 is 10.3 Å². The number of rotatable bonds is 4. The van der Waals surface area contributed by atoms with Crippen LogP contribution in [0.15, 0.2) is 53.4 Å². The highest BCUT2D eigenvalue weighted by atomic mass is 32.2. The molecule has 2 aromatic carbocycles. The molecule has 0 fully saturated rings. The highest BCUT2D eigenvalue weighted by Crippen LogP contribution is 2.25. The average Bonchev–Trinajstić information content (AvgIpc) is 2.40. The van der Waals surface area contributed by atoms with E-state index in [9.17, 15) is 8.94 Å². The fraction of sp³-hybridized carbons (Fsp3) is 0.200. The van der Waals surface area contributed by atoms with Gasteiger partial charge >= 0.3 is 0 Å². The molecular weight excluding hydrogens is 261 g/mol. The van der Waals surface area contributed by atoms with Crippen molar-refractivity contribution in [1.82, 2.24) is 0 Å². The quantitative estimate of drug-likeness (QED) is 0.873. The van der Waals surface area contributed by atoms with E-state index in [-0.39, 0.29) is 11.7 Å². The van der Waals surface area contributed by atoms with Crippen molar-refractivity contribution in [2.45, 2.75) is 10.8 Å². The van der Waals surface area contributed by atoms with Gasteiger partial charge in [0.2, 0.25) is 0 Å². The minimum absolute atomic E-state index is 0.0463. The molecule has 0 aliphatic carbocycles. The molecule has 2 atom stereocenters. The van der Waals surface area contributed by atoms with Crippen LogP contribution in [0.5, 0.6) is 0 Å². The van der Waals surface area contributed by atoms with Crippen LogP contribution >= 0.6 is 0 Å². The molecule has 0 saturated carbocycles. The summed E-state index contributed by atoms with van der Waals surface area (Å²) >= 11 is -0.992. The van der Waals surface area contributed by atoms with Crippen molar-refractivity contribution in [2.24, 2.45) is 5.73 Å². The molecule has 0 aliphatic heterocycles. The maximum absolute atomic E-state index is 13.3. The lowest BCUT2D eigenvalue weighted by molar-refractivity contribution is 0.601. The molecule has 2 N–H and O–H groups in total. The summed E-state index contributed by atoms with van der Waals surface area (Å²) < 4.78 is 24.6. The molecule has 0 amide bonds. The number of nitrogens with two attached hydrogens (primary N) is 1. The molecule has 2 nitrogen and oxygen atoms in total. The zero-order valence-corrected chi connectivity index (χ0v) is 11.5. The van der Waals surface area contributed by atoms with Gasteiger partial charge in [-0.05, 0) is 46.6 Å². The molecule has 2 unspecified atom stereocenters. The topological polar surface area (TPSA) is 49.1 Å². The van der Waals surface area contributed by atoms with E-state index in [1.54, 1.807) is 12.3 Å². The van der Waals surface area contributed by atoms with Crippen LogP contribution in [0.4, 0.5) is 4.39 Å². The van der Waals surface area contributed by atoms with E-state index in [0.717, 1.165) is 16.0 Å². The Labute approximate surface area is 115 Å². The van der Waals surface area contributed by atoms with Gasteiger partial charge in [-0.3, -0.25) is 0 Å². The largest absolute Gasteiger partial charge is 0.612 e. The summed E-state index contributed by atoms with van der Waals surface area (Å²) in [5, 5.41) is 0. The minimum Gasteiger partial charge on any atom is -0.612 e. The van der Waals surface area contributed by atoms with Crippen LogP contribution in [0.2, 0.25) is 0 Å². The summed E-state index contributed by atoms with van der Waals surface area (Å²) in [5.41, 5.74) is 7.66. The third-order valence-corrected chi connectivity index (χ3v) is 4.04. The molecule has 2 aromatic rings. The van der Waals surface area contributed by atoms with Crippen LogP contribution in [0.3, 0.4) is 0 Å². The Hall–Kier alpha value is -1.36. The van der Waals surface area contributed by atoms with Crippen LogP contribution in [-0.4, -0.2) is 17.4 Å². The molecule has 0 bridgehead atoms. The first kappa shape index (κ1) is 14.1. The van der Waals surface area contributed by atoms with E-state index in [4.69, 9.17) is 5.73 Å². The molecule has 0 saturated heterocycles. The smallest absolute Gasteiger partial charge is 0.152 e. The second kappa shape index (κ2) is 6.19. The normalized spacial score (nSPS) is 14.1. The third kappa shape index (κ3) is 3.35. The van der Waals surface area contributed by atoms with Crippen molar-refractivity contribution >= 4 is 11.2 Å². The Bertz CT molecular complexity index is 542. The highest BCUT2D eigenvalue weighted by Gasteiger charge is 2.14. The van der Waals surface area contributed by atoms with Crippen molar-refractivity contribution in [1.29, 1.82) is 0 Å². The lowest BCUT2D eigenvalue weighted by Crippen LogP contribution is -2.14. The molecule has 4 heteroatoms. The fourth-order valence-electron chi connectivity index (χ4n) is 2.08. The number of halogens is 1. The van der Waals surface area contributed by atoms with Gasteiger partial charge in [-0.2, -0.15) is 0 Å². The fourth-order valence-corrected chi connectivity index (χ4v) is 2.60. The molecule has 0 heterocycles. The first-order valence-electron chi connectivity index (χ1n) is 6.00. The molecule has 0 aromatic heterocycles. The van der Waals surface area contributed by atoms with Gasteiger partial charge in [0, 0.05) is 12.5 Å². The molecular formula is C15H16FNOS. The van der Waals surface area contributed by atoms with Gasteiger partial charge in [-0.25, -0.2) is 4.39 Å². The van der Waals surface area contributed by atoms with Crippen molar-refractivity contribution in [3.05, 3.63) is 65.5 Å². The van der Waals surface area contributed by atoms with Gasteiger partial charge in [0.25, 0.3) is 0 Å². The standard InChI is InChI=1S/C15H16FNOS/c1-19(18)14-7-5-11(6-8-14)15(10-17)12-3-2-4-13(16)9-12/h2-9,15H,10,17H2,1H3. The molecule has 0 aliphatic rings. The Morgan fingerprint density at radius 1 is 1.16 bits per heavy atom. The molecule has 0 spiro atoms. The van der Waals surface area contributed by atoms with Gasteiger partial charge in [0.15, 0.2) is 4.90 Å². The van der Waals surface area contributed by atoms with Crippen molar-refractivity contribution in [3.63, 3.8) is 0 Å². The summed E-state index contributed by atoms with van der Waals surface area (Å²) in [7, 11) is 0. The van der Waals surface area contributed by atoms with Crippen molar-refractivity contribution in [3.8, 4) is 0 Å². The van der Waals surface area contributed by atoms with Crippen LogP contribution < -0.4 is 5.73 Å². The van der Waals surface area contributed by atoms with Gasteiger partial charge in [-0.15, -0.1) is 0 Å². The zero-order chi connectivity index (χ0) is 13.8. The Morgan fingerprint density at radius 3 is 2.37 bits per heavy atom. The van der Waals surface area contributed by atoms with E-state index in [1.165, 1.54) is 12.1 Å². The molecule has 100 valence electrons. The molecule has 19 heavy (non-hydrogen) atoms. The van der Waals surface area contributed by atoms with Crippen LogP contribution in [0.1, 0.15) is 17.0 Å². The SMILES string of the molecule is C[S+]([O-])c1ccc(C(CN)c2cccc(F)c2)cc1. The maximum atomic E-state index is 13.3. The number of hydrogen-bond donors (Lipinski definition) is 1. The Kier molecular flexibility index (Phi) is 4.58. The van der Waals surface area contributed by atoms with Crippen LogP contribution in [-0.2, 0) is 11.2 Å². The number of hydrogen-bond acceptors (Lipinski definition) is 2. The summed E-state index contributed by atoms with van der Waals surface area (Å²) in [6.45, 7) is 0.401. The minimum atomic E-state index is -0.992. The maximum Gasteiger partial charge on any atom is 0.152 e. The summed E-state index contributed by atoms with van der Waals surface area (Å²) in [6.07, 6.45) is 1.64. The Balaban J connectivity index is 2.31. The lowest BCUT2D eigenvalue weighted by atomic mass is 9.91. The van der Waals surface area contributed by atoms with E-state index in [0.29, 0.717) is 6.54 Å². The van der Waals surface area contributed by atoms with E-state index in [1.807, 2.05) is 30.3 Å². The molecule has 0 radical (unpaired) electrons. The highest BCUT2D eigenvalue weighted by molar-refractivity contribution is 7.90. The van der Waals surface area contributed by atoms with Gasteiger partial charge in [0.1, 0.15) is 12.1 Å². The van der Waals surface area contributed by atoms with E-state index >= 15 is 0 Å². The predicted molar refractivity (Wildman–Crippen MR) is 76.1 cm³/mol. The van der Waals surface area contributed by atoms with Crippen LogP contribution in [0.25, 0.3) is 0 Å². The van der Waals surface area contributed by atoms with Crippen molar-refractivity contribution < 1.29 is 8.94 Å². The second-order valence-electron chi connectivity index (χ2n) is 4.37. The second-order valence-corrected chi connectivity index (χ2v) is 5.75. The van der Waals surface area contributed by atoms with Gasteiger partial charge in [0.05, 0.1) is 0 Å². The third-order valence-electron chi connectivity index (χ3n) is 3.10. The summed E-state index contributed by atoms with van der Waals surface area (Å²) in [4.78, 5) is 0.777. The van der Waals surface area contributed by atoms with E-state index in [2.05, 4.69) is 0 Å². The van der Waals surface area contributed by atoms with Gasteiger partial charge in [-0.1, -0.05) is 24.3 Å². The average molecular weight is 277 g/mol. The molecule has 2 rings (SSSR count). The monoisotopic (exact) mass is 277 g/mol.